The maximum atomic E-state index is 5.58. The van der Waals surface area contributed by atoms with Gasteiger partial charge in [0.25, 0.3) is 0 Å². The minimum absolute atomic E-state index is 0.781. The van der Waals surface area contributed by atoms with Crippen LogP contribution in [0.3, 0.4) is 0 Å². The summed E-state index contributed by atoms with van der Waals surface area (Å²) in [5, 5.41) is 7.53. The third kappa shape index (κ3) is 5.16. The fraction of sp³-hybridized carbons (Fsp3) is 0.750. The Kier molecular flexibility index (Phi) is 6.65. The quantitative estimate of drug-likeness (QED) is 0.654. The van der Waals surface area contributed by atoms with Crippen molar-refractivity contribution in [3.63, 3.8) is 0 Å². The Balaban J connectivity index is 1.98. The second-order valence-electron chi connectivity index (χ2n) is 3.84. The average molecular weight is 225 g/mol. The molecule has 0 aliphatic rings. The molecular weight excluding hydrogens is 202 g/mol. The van der Waals surface area contributed by atoms with Crippen LogP contribution in [-0.2, 0) is 6.54 Å². The molecule has 1 aromatic heterocycles. The van der Waals surface area contributed by atoms with Crippen LogP contribution in [-0.4, -0.2) is 29.5 Å². The number of rotatable bonds is 9. The lowest BCUT2D eigenvalue weighted by atomic mass is 10.3. The maximum absolute atomic E-state index is 5.58. The Labute approximate surface area is 98.0 Å². The van der Waals surface area contributed by atoms with E-state index >= 15 is 0 Å². The Morgan fingerprint density at radius 1 is 1.31 bits per heavy atom. The first-order valence-electron chi connectivity index (χ1n) is 6.22. The van der Waals surface area contributed by atoms with Gasteiger partial charge in [0.1, 0.15) is 0 Å². The van der Waals surface area contributed by atoms with Gasteiger partial charge in [0.2, 0.25) is 0 Å². The highest BCUT2D eigenvalue weighted by Gasteiger charge is 1.97. The van der Waals surface area contributed by atoms with Crippen LogP contribution in [0.15, 0.2) is 12.4 Å². The number of nitrogens with one attached hydrogen (secondary N) is 1. The molecule has 0 bridgehead atoms. The first kappa shape index (κ1) is 13.0. The fourth-order valence-electron chi connectivity index (χ4n) is 1.44. The molecule has 4 nitrogen and oxygen atoms in total. The highest BCUT2D eigenvalue weighted by Crippen LogP contribution is 2.08. The van der Waals surface area contributed by atoms with Gasteiger partial charge >= 0.3 is 0 Å². The lowest BCUT2D eigenvalue weighted by Crippen LogP contribution is -2.16. The van der Waals surface area contributed by atoms with E-state index in [2.05, 4.69) is 24.3 Å². The van der Waals surface area contributed by atoms with Crippen LogP contribution in [0.5, 0.6) is 5.75 Å². The van der Waals surface area contributed by atoms with E-state index in [-0.39, 0.29) is 0 Å². The molecule has 0 atom stereocenters. The zero-order chi connectivity index (χ0) is 11.6. The molecule has 16 heavy (non-hydrogen) atoms. The molecule has 0 aliphatic carbocycles. The summed E-state index contributed by atoms with van der Waals surface area (Å²) in [6.45, 7) is 8.13. The second kappa shape index (κ2) is 8.16. The van der Waals surface area contributed by atoms with Crippen LogP contribution in [0.4, 0.5) is 0 Å². The number of unbranched alkanes of at least 4 members (excludes halogenated alkanes) is 1. The maximum Gasteiger partial charge on any atom is 0.157 e. The number of ether oxygens (including phenoxy) is 1. The monoisotopic (exact) mass is 225 g/mol. The Morgan fingerprint density at radius 2 is 2.19 bits per heavy atom. The van der Waals surface area contributed by atoms with Crippen molar-refractivity contribution in [1.82, 2.24) is 15.1 Å². The molecular formula is C12H23N3O. The molecule has 1 rings (SSSR count). The van der Waals surface area contributed by atoms with E-state index < -0.39 is 0 Å². The normalized spacial score (nSPS) is 10.6. The Hall–Kier alpha value is -1.03. The summed E-state index contributed by atoms with van der Waals surface area (Å²) in [5.74, 6) is 0.878. The summed E-state index contributed by atoms with van der Waals surface area (Å²) in [5.41, 5.74) is 0. The molecule has 1 heterocycles. The van der Waals surface area contributed by atoms with Gasteiger partial charge in [0.05, 0.1) is 19.0 Å². The van der Waals surface area contributed by atoms with Crippen molar-refractivity contribution in [3.8, 4) is 5.75 Å². The van der Waals surface area contributed by atoms with Crippen molar-refractivity contribution in [2.45, 2.75) is 39.7 Å². The third-order valence-electron chi connectivity index (χ3n) is 2.38. The van der Waals surface area contributed by atoms with Crippen molar-refractivity contribution >= 4 is 0 Å². The van der Waals surface area contributed by atoms with Gasteiger partial charge in [-0.05, 0) is 39.3 Å². The van der Waals surface area contributed by atoms with Crippen LogP contribution < -0.4 is 10.1 Å². The molecule has 4 heteroatoms. The standard InChI is InChI=1S/C12H23N3O/c1-3-7-13-8-5-6-9-16-12-10-14-15(4-2)11-12/h10-11,13H,3-9H2,1-2H3. The van der Waals surface area contributed by atoms with Crippen molar-refractivity contribution in [2.24, 2.45) is 0 Å². The van der Waals surface area contributed by atoms with E-state index in [0.717, 1.165) is 38.4 Å². The van der Waals surface area contributed by atoms with Gasteiger partial charge in [-0.25, -0.2) is 0 Å². The molecule has 0 amide bonds. The summed E-state index contributed by atoms with van der Waals surface area (Å²) in [6, 6.07) is 0. The molecule has 1 aromatic rings. The number of hydrogen-bond acceptors (Lipinski definition) is 3. The largest absolute Gasteiger partial charge is 0.490 e. The minimum atomic E-state index is 0.781. The van der Waals surface area contributed by atoms with Gasteiger partial charge in [0.15, 0.2) is 5.75 Å². The smallest absolute Gasteiger partial charge is 0.157 e. The molecule has 0 aliphatic heterocycles. The fourth-order valence-corrected chi connectivity index (χ4v) is 1.44. The lowest BCUT2D eigenvalue weighted by Gasteiger charge is -2.04. The van der Waals surface area contributed by atoms with Crippen molar-refractivity contribution in [3.05, 3.63) is 12.4 Å². The second-order valence-corrected chi connectivity index (χ2v) is 3.84. The summed E-state index contributed by atoms with van der Waals surface area (Å²) >= 11 is 0. The number of aromatic nitrogens is 2. The van der Waals surface area contributed by atoms with Gasteiger partial charge in [-0.2, -0.15) is 5.10 Å². The van der Waals surface area contributed by atoms with E-state index in [1.165, 1.54) is 12.8 Å². The molecule has 92 valence electrons. The number of nitrogens with zero attached hydrogens (tertiary/aromatic N) is 2. The van der Waals surface area contributed by atoms with Crippen LogP contribution in [0.1, 0.15) is 33.1 Å². The Bertz CT molecular complexity index is 273. The molecule has 0 unspecified atom stereocenters. The van der Waals surface area contributed by atoms with E-state index in [1.807, 2.05) is 10.9 Å². The van der Waals surface area contributed by atoms with Crippen LogP contribution in [0, 0.1) is 0 Å². The molecule has 0 aromatic carbocycles. The van der Waals surface area contributed by atoms with E-state index in [4.69, 9.17) is 4.74 Å². The van der Waals surface area contributed by atoms with Gasteiger partial charge in [-0.1, -0.05) is 6.92 Å². The zero-order valence-corrected chi connectivity index (χ0v) is 10.4. The van der Waals surface area contributed by atoms with E-state index in [0.29, 0.717) is 0 Å². The summed E-state index contributed by atoms with van der Waals surface area (Å²) in [7, 11) is 0. The molecule has 1 N–H and O–H groups in total. The number of hydrogen-bond donors (Lipinski definition) is 1. The molecule has 0 saturated heterocycles. The molecule has 0 spiro atoms. The zero-order valence-electron chi connectivity index (χ0n) is 10.4. The first-order valence-corrected chi connectivity index (χ1v) is 6.22. The van der Waals surface area contributed by atoms with Gasteiger partial charge in [-0.15, -0.1) is 0 Å². The van der Waals surface area contributed by atoms with Gasteiger partial charge < -0.3 is 10.1 Å². The highest BCUT2D eigenvalue weighted by molar-refractivity contribution is 5.11. The van der Waals surface area contributed by atoms with Crippen LogP contribution in [0.2, 0.25) is 0 Å². The highest BCUT2D eigenvalue weighted by atomic mass is 16.5. The summed E-state index contributed by atoms with van der Waals surface area (Å²) in [4.78, 5) is 0. The third-order valence-corrected chi connectivity index (χ3v) is 2.38. The van der Waals surface area contributed by atoms with Crippen molar-refractivity contribution in [1.29, 1.82) is 0 Å². The van der Waals surface area contributed by atoms with Crippen molar-refractivity contribution < 1.29 is 4.74 Å². The minimum Gasteiger partial charge on any atom is -0.490 e. The summed E-state index contributed by atoms with van der Waals surface area (Å²) in [6.07, 6.45) is 7.18. The molecule has 0 radical (unpaired) electrons. The first-order chi connectivity index (χ1) is 7.86. The molecule has 0 fully saturated rings. The molecule has 0 saturated carbocycles. The predicted octanol–water partition coefficient (Wildman–Crippen LogP) is 2.06. The van der Waals surface area contributed by atoms with Crippen LogP contribution in [0.25, 0.3) is 0 Å². The number of aryl methyl sites for hydroxylation is 1. The SMILES string of the molecule is CCCNCCCCOc1cnn(CC)c1. The van der Waals surface area contributed by atoms with Crippen LogP contribution >= 0.6 is 0 Å². The average Bonchev–Trinajstić information content (AvgIpc) is 2.76. The van der Waals surface area contributed by atoms with Crippen molar-refractivity contribution in [2.75, 3.05) is 19.7 Å². The summed E-state index contributed by atoms with van der Waals surface area (Å²) < 4.78 is 7.46. The van der Waals surface area contributed by atoms with Gasteiger partial charge in [-0.3, -0.25) is 4.68 Å². The Morgan fingerprint density at radius 3 is 2.88 bits per heavy atom. The predicted molar refractivity (Wildman–Crippen MR) is 65.8 cm³/mol. The van der Waals surface area contributed by atoms with E-state index in [1.54, 1.807) is 6.20 Å². The van der Waals surface area contributed by atoms with E-state index in [9.17, 15) is 0 Å². The topological polar surface area (TPSA) is 39.1 Å². The van der Waals surface area contributed by atoms with Gasteiger partial charge in [0, 0.05) is 6.54 Å². The lowest BCUT2D eigenvalue weighted by molar-refractivity contribution is 0.305.